The number of aliphatic hydroxyl groups is 1. The van der Waals surface area contributed by atoms with Crippen molar-refractivity contribution >= 4 is 12.1 Å². The third kappa shape index (κ3) is 14.6. The van der Waals surface area contributed by atoms with Crippen molar-refractivity contribution in [2.45, 2.75) is 104 Å². The summed E-state index contributed by atoms with van der Waals surface area (Å²) < 4.78 is 27.5. The number of carbonyl (C=O) groups excluding carboxylic acids is 2. The summed E-state index contributed by atoms with van der Waals surface area (Å²) in [5, 5.41) is 12.7. The molecule has 1 amide bonds. The highest BCUT2D eigenvalue weighted by molar-refractivity contribution is 5.81. The van der Waals surface area contributed by atoms with Crippen molar-refractivity contribution in [3.63, 3.8) is 0 Å². The molecule has 190 valence electrons. The topological polar surface area (TPSA) is 113 Å². The lowest BCUT2D eigenvalue weighted by atomic mass is 10.1. The second kappa shape index (κ2) is 17.1. The Labute approximate surface area is 193 Å². The molecule has 0 aromatic carbocycles. The Morgan fingerprint density at radius 3 is 2.09 bits per heavy atom. The van der Waals surface area contributed by atoms with Crippen molar-refractivity contribution in [2.75, 3.05) is 33.5 Å². The Morgan fingerprint density at radius 1 is 1.00 bits per heavy atom. The smallest absolute Gasteiger partial charge is 0.408 e. The van der Waals surface area contributed by atoms with E-state index >= 15 is 0 Å². The van der Waals surface area contributed by atoms with Crippen LogP contribution in [-0.2, 0) is 28.5 Å². The molecular weight excluding hydrogens is 418 g/mol. The van der Waals surface area contributed by atoms with E-state index < -0.39 is 35.9 Å². The molecule has 9 nitrogen and oxygen atoms in total. The predicted octanol–water partition coefficient (Wildman–Crippen LogP) is 3.21. The predicted molar refractivity (Wildman–Crippen MR) is 122 cm³/mol. The molecule has 0 rings (SSSR count). The van der Waals surface area contributed by atoms with Gasteiger partial charge in [-0.25, -0.2) is 9.59 Å². The van der Waals surface area contributed by atoms with Gasteiger partial charge in [0, 0.05) is 19.8 Å². The summed E-state index contributed by atoms with van der Waals surface area (Å²) in [6.45, 7) is 12.3. The molecule has 32 heavy (non-hydrogen) atoms. The monoisotopic (exact) mass is 463 g/mol. The van der Waals surface area contributed by atoms with E-state index in [0.717, 1.165) is 25.7 Å². The molecule has 0 heterocycles. The summed E-state index contributed by atoms with van der Waals surface area (Å²) in [5.41, 5.74) is -0.692. The fraction of sp³-hybridized carbons (Fsp3) is 0.913. The van der Waals surface area contributed by atoms with Crippen molar-refractivity contribution < 1.29 is 38.4 Å². The number of hydrogen-bond donors (Lipinski definition) is 2. The minimum Gasteiger partial charge on any atom is -0.467 e. The van der Waals surface area contributed by atoms with Crippen LogP contribution in [0.15, 0.2) is 0 Å². The number of nitrogens with one attached hydrogen (secondary N) is 1. The molecule has 0 unspecified atom stereocenters. The van der Waals surface area contributed by atoms with Crippen LogP contribution >= 0.6 is 0 Å². The fourth-order valence-corrected chi connectivity index (χ4v) is 2.80. The Kier molecular flexibility index (Phi) is 16.3. The Morgan fingerprint density at radius 2 is 1.59 bits per heavy atom. The second-order valence-electron chi connectivity index (χ2n) is 8.78. The minimum absolute atomic E-state index is 0.0797. The zero-order valence-electron chi connectivity index (χ0n) is 21.0. The van der Waals surface area contributed by atoms with E-state index in [1.165, 1.54) is 7.11 Å². The van der Waals surface area contributed by atoms with E-state index in [9.17, 15) is 14.7 Å². The summed E-state index contributed by atoms with van der Waals surface area (Å²) in [5.74, 6) is -0.628. The van der Waals surface area contributed by atoms with E-state index in [1.54, 1.807) is 27.7 Å². The molecule has 0 aliphatic heterocycles. The van der Waals surface area contributed by atoms with Gasteiger partial charge in [0.15, 0.2) is 6.04 Å². The third-order valence-electron chi connectivity index (χ3n) is 4.49. The van der Waals surface area contributed by atoms with E-state index in [0.29, 0.717) is 19.6 Å². The van der Waals surface area contributed by atoms with Crippen molar-refractivity contribution in [3.05, 3.63) is 0 Å². The number of carbonyl (C=O) groups is 2. The molecule has 0 radical (unpaired) electrons. The van der Waals surface area contributed by atoms with E-state index in [2.05, 4.69) is 19.2 Å². The van der Waals surface area contributed by atoms with Crippen LogP contribution in [0, 0.1) is 0 Å². The SMILES string of the molecule is CCCCO[C@@H]([C@H](C)O)[C@H](CCOC[C@H](NC(=O)OC(C)(C)C)C(=O)OC)OCCCC. The highest BCUT2D eigenvalue weighted by Gasteiger charge is 2.29. The summed E-state index contributed by atoms with van der Waals surface area (Å²) in [4.78, 5) is 24.0. The van der Waals surface area contributed by atoms with Crippen LogP contribution in [-0.4, -0.2) is 80.7 Å². The van der Waals surface area contributed by atoms with Gasteiger partial charge in [-0.1, -0.05) is 26.7 Å². The summed E-state index contributed by atoms with van der Waals surface area (Å²) in [6, 6.07) is -0.998. The van der Waals surface area contributed by atoms with Gasteiger partial charge in [0.1, 0.15) is 11.7 Å². The van der Waals surface area contributed by atoms with E-state index in [-0.39, 0.29) is 19.3 Å². The lowest BCUT2D eigenvalue weighted by molar-refractivity contribution is -0.145. The Balaban J connectivity index is 4.86. The second-order valence-corrected chi connectivity index (χ2v) is 8.78. The number of ether oxygens (including phenoxy) is 5. The van der Waals surface area contributed by atoms with E-state index in [4.69, 9.17) is 23.7 Å². The molecule has 0 saturated carbocycles. The first-order chi connectivity index (χ1) is 15.1. The molecule has 0 spiro atoms. The molecular formula is C23H45NO8. The number of rotatable bonds is 17. The van der Waals surface area contributed by atoms with Gasteiger partial charge >= 0.3 is 12.1 Å². The standard InChI is InChI=1S/C23H45NO8/c1-8-10-13-30-19(20(17(3)25)31-14-11-9-2)12-15-29-16-18(21(26)28-7)24-22(27)32-23(4,5)6/h17-20,25H,8-16H2,1-7H3,(H,24,27)/t17-,18-,19-,20-/m0/s1. The van der Waals surface area contributed by atoms with Crippen LogP contribution in [0.25, 0.3) is 0 Å². The minimum atomic E-state index is -0.998. The molecule has 9 heteroatoms. The lowest BCUT2D eigenvalue weighted by Gasteiger charge is -2.30. The summed E-state index contributed by atoms with van der Waals surface area (Å²) in [6.07, 6.45) is 2.01. The molecule has 0 aromatic rings. The molecule has 0 bridgehead atoms. The van der Waals surface area contributed by atoms with Gasteiger partial charge in [0.25, 0.3) is 0 Å². The van der Waals surface area contributed by atoms with Crippen molar-refractivity contribution in [1.29, 1.82) is 0 Å². The maximum Gasteiger partial charge on any atom is 0.408 e. The number of hydrogen-bond acceptors (Lipinski definition) is 8. The number of methoxy groups -OCH3 is 1. The highest BCUT2D eigenvalue weighted by atomic mass is 16.6. The molecule has 0 aliphatic rings. The van der Waals surface area contributed by atoms with E-state index in [1.807, 2.05) is 0 Å². The Hall–Kier alpha value is -1.42. The van der Waals surface area contributed by atoms with Gasteiger partial charge < -0.3 is 34.1 Å². The lowest BCUT2D eigenvalue weighted by Crippen LogP contribution is -2.47. The number of unbranched alkanes of at least 4 members (excludes halogenated alkanes) is 2. The third-order valence-corrected chi connectivity index (χ3v) is 4.49. The fourth-order valence-electron chi connectivity index (χ4n) is 2.80. The summed E-state index contributed by atoms with van der Waals surface area (Å²) in [7, 11) is 1.24. The molecule has 0 saturated heterocycles. The van der Waals surface area contributed by atoms with Crippen LogP contribution in [0.1, 0.15) is 73.6 Å². The first kappa shape index (κ1) is 30.6. The van der Waals surface area contributed by atoms with Crippen LogP contribution < -0.4 is 5.32 Å². The zero-order valence-corrected chi connectivity index (χ0v) is 21.0. The number of alkyl carbamates (subject to hydrolysis) is 1. The average molecular weight is 464 g/mol. The normalized spacial score (nSPS) is 15.5. The van der Waals surface area contributed by atoms with Crippen LogP contribution in [0.2, 0.25) is 0 Å². The van der Waals surface area contributed by atoms with Crippen molar-refractivity contribution in [2.24, 2.45) is 0 Å². The van der Waals surface area contributed by atoms with Crippen molar-refractivity contribution in [3.8, 4) is 0 Å². The number of aliphatic hydroxyl groups excluding tert-OH is 1. The van der Waals surface area contributed by atoms with Gasteiger partial charge in [-0.3, -0.25) is 0 Å². The van der Waals surface area contributed by atoms with Gasteiger partial charge in [-0.05, 0) is 47.0 Å². The van der Waals surface area contributed by atoms with Gasteiger partial charge in [-0.15, -0.1) is 0 Å². The quantitative estimate of drug-likeness (QED) is 0.250. The Bertz CT molecular complexity index is 507. The average Bonchev–Trinajstić information content (AvgIpc) is 2.70. The highest BCUT2D eigenvalue weighted by Crippen LogP contribution is 2.15. The molecule has 0 aromatic heterocycles. The molecule has 4 atom stereocenters. The van der Waals surface area contributed by atoms with Crippen LogP contribution in [0.5, 0.6) is 0 Å². The first-order valence-electron chi connectivity index (χ1n) is 11.6. The first-order valence-corrected chi connectivity index (χ1v) is 11.6. The molecule has 0 aliphatic carbocycles. The maximum absolute atomic E-state index is 12.0. The van der Waals surface area contributed by atoms with Crippen LogP contribution in [0.4, 0.5) is 4.79 Å². The molecule has 0 fully saturated rings. The van der Waals surface area contributed by atoms with Gasteiger partial charge in [0.05, 0.1) is 25.9 Å². The van der Waals surface area contributed by atoms with Crippen LogP contribution in [0.3, 0.4) is 0 Å². The largest absolute Gasteiger partial charge is 0.467 e. The van der Waals surface area contributed by atoms with Gasteiger partial charge in [0.2, 0.25) is 0 Å². The zero-order chi connectivity index (χ0) is 24.6. The molecule has 2 N–H and O–H groups in total. The van der Waals surface area contributed by atoms with Crippen molar-refractivity contribution in [1.82, 2.24) is 5.32 Å². The maximum atomic E-state index is 12.0. The number of esters is 1. The number of amides is 1. The van der Waals surface area contributed by atoms with Gasteiger partial charge in [-0.2, -0.15) is 0 Å². The summed E-state index contributed by atoms with van der Waals surface area (Å²) >= 11 is 0.